The van der Waals surface area contributed by atoms with Gasteiger partial charge in [-0.2, -0.15) is 5.10 Å². The Morgan fingerprint density at radius 2 is 1.60 bits per heavy atom. The lowest BCUT2D eigenvalue weighted by atomic mass is 10.2. The molecule has 0 amide bonds. The molecule has 0 bridgehead atoms. The predicted octanol–water partition coefficient (Wildman–Crippen LogP) is 4.52. The Kier molecular flexibility index (Phi) is 7.99. The Labute approximate surface area is 206 Å². The molecule has 184 valence electrons. The highest BCUT2D eigenvalue weighted by Crippen LogP contribution is 2.33. The van der Waals surface area contributed by atoms with Gasteiger partial charge in [-0.1, -0.05) is 11.6 Å². The quantitative estimate of drug-likeness (QED) is 0.226. The van der Waals surface area contributed by atoms with E-state index in [4.69, 9.17) is 25.8 Å². The fourth-order valence-corrected chi connectivity index (χ4v) is 4.19. The molecule has 0 aromatic heterocycles. The fourth-order valence-electron chi connectivity index (χ4n) is 2.98. The zero-order valence-electron chi connectivity index (χ0n) is 18.8. The van der Waals surface area contributed by atoms with E-state index in [1.165, 1.54) is 63.9 Å². The average Bonchev–Trinajstić information content (AvgIpc) is 2.85. The van der Waals surface area contributed by atoms with Gasteiger partial charge in [-0.3, -0.25) is 20.3 Å². The lowest BCUT2D eigenvalue weighted by Gasteiger charge is -2.12. The van der Waals surface area contributed by atoms with Crippen LogP contribution in [-0.4, -0.2) is 40.9 Å². The maximum Gasteiger partial charge on any atom is 0.295 e. The van der Waals surface area contributed by atoms with Crippen LogP contribution in [0.4, 0.5) is 17.1 Å². The van der Waals surface area contributed by atoms with Crippen LogP contribution >= 0.6 is 11.6 Å². The van der Waals surface area contributed by atoms with Crippen molar-refractivity contribution in [3.63, 3.8) is 0 Å². The normalized spacial score (nSPS) is 11.2. The van der Waals surface area contributed by atoms with Gasteiger partial charge >= 0.3 is 0 Å². The second-order valence-corrected chi connectivity index (χ2v) is 8.98. The third kappa shape index (κ3) is 6.11. The number of ether oxygens (including phenoxy) is 3. The molecule has 0 atom stereocenters. The molecule has 0 saturated heterocycles. The predicted molar refractivity (Wildman–Crippen MR) is 133 cm³/mol. The Hall–Kier alpha value is -4.03. The highest BCUT2D eigenvalue weighted by atomic mass is 35.5. The summed E-state index contributed by atoms with van der Waals surface area (Å²) in [4.78, 5) is 10.6. The zero-order valence-corrected chi connectivity index (χ0v) is 20.4. The standard InChI is InChI=1S/C22H21ClN4O7S/c1-32-16-10-21(33-2)18(22(11-16)34-3)13-24-25-19-9-8-17(12-20(19)27(28)29)35(30,31)26-15-6-4-14(23)5-7-15/h4-13,25-26H,1-3H3/b24-13-. The zero-order chi connectivity index (χ0) is 25.6. The van der Waals surface area contributed by atoms with Gasteiger partial charge in [0.05, 0.1) is 42.9 Å². The van der Waals surface area contributed by atoms with Crippen LogP contribution in [0.15, 0.2) is 64.6 Å². The first-order valence-electron chi connectivity index (χ1n) is 9.84. The number of methoxy groups -OCH3 is 3. The van der Waals surface area contributed by atoms with Crippen molar-refractivity contribution in [2.75, 3.05) is 31.5 Å². The van der Waals surface area contributed by atoms with E-state index in [2.05, 4.69) is 15.2 Å². The van der Waals surface area contributed by atoms with Crippen LogP contribution in [0.3, 0.4) is 0 Å². The van der Waals surface area contributed by atoms with Gasteiger partial charge in [-0.25, -0.2) is 8.42 Å². The Morgan fingerprint density at radius 3 is 2.14 bits per heavy atom. The van der Waals surface area contributed by atoms with E-state index in [1.54, 1.807) is 12.1 Å². The first kappa shape index (κ1) is 25.6. The number of anilines is 2. The summed E-state index contributed by atoms with van der Waals surface area (Å²) in [6.45, 7) is 0. The summed E-state index contributed by atoms with van der Waals surface area (Å²) in [5.74, 6) is 1.30. The van der Waals surface area contributed by atoms with Crippen LogP contribution in [-0.2, 0) is 10.0 Å². The maximum absolute atomic E-state index is 12.7. The van der Waals surface area contributed by atoms with Gasteiger partial charge < -0.3 is 14.2 Å². The lowest BCUT2D eigenvalue weighted by Crippen LogP contribution is -2.13. The number of nitrogens with one attached hydrogen (secondary N) is 2. The minimum Gasteiger partial charge on any atom is -0.496 e. The number of hydrogen-bond acceptors (Lipinski definition) is 9. The minimum absolute atomic E-state index is 0.0249. The summed E-state index contributed by atoms with van der Waals surface area (Å²) >= 11 is 5.81. The lowest BCUT2D eigenvalue weighted by molar-refractivity contribution is -0.384. The third-order valence-corrected chi connectivity index (χ3v) is 6.34. The van der Waals surface area contributed by atoms with Crippen molar-refractivity contribution in [2.24, 2.45) is 5.10 Å². The molecular weight excluding hydrogens is 500 g/mol. The van der Waals surface area contributed by atoms with Crippen molar-refractivity contribution in [2.45, 2.75) is 4.90 Å². The van der Waals surface area contributed by atoms with Crippen molar-refractivity contribution >= 4 is 44.9 Å². The van der Waals surface area contributed by atoms with Crippen molar-refractivity contribution in [3.05, 3.63) is 75.3 Å². The Balaban J connectivity index is 1.88. The molecule has 3 aromatic rings. The van der Waals surface area contributed by atoms with E-state index in [0.29, 0.717) is 27.8 Å². The topological polar surface area (TPSA) is 141 Å². The molecule has 3 rings (SSSR count). The van der Waals surface area contributed by atoms with Gasteiger partial charge in [0.15, 0.2) is 0 Å². The smallest absolute Gasteiger partial charge is 0.295 e. The molecule has 0 fully saturated rings. The molecule has 3 aromatic carbocycles. The third-order valence-electron chi connectivity index (χ3n) is 4.70. The Bertz CT molecular complexity index is 1340. The van der Waals surface area contributed by atoms with Crippen LogP contribution in [0.1, 0.15) is 5.56 Å². The van der Waals surface area contributed by atoms with Crippen molar-refractivity contribution in [1.29, 1.82) is 0 Å². The van der Waals surface area contributed by atoms with Gasteiger partial charge in [-0.15, -0.1) is 0 Å². The van der Waals surface area contributed by atoms with Crippen molar-refractivity contribution < 1.29 is 27.6 Å². The summed E-state index contributed by atoms with van der Waals surface area (Å²) in [6.07, 6.45) is 1.35. The maximum atomic E-state index is 12.7. The van der Waals surface area contributed by atoms with E-state index in [0.717, 1.165) is 6.07 Å². The van der Waals surface area contributed by atoms with Crippen LogP contribution in [0, 0.1) is 10.1 Å². The Morgan fingerprint density at radius 1 is 0.971 bits per heavy atom. The summed E-state index contributed by atoms with van der Waals surface area (Å²) in [5, 5.41) is 16.1. The van der Waals surface area contributed by atoms with Gasteiger partial charge in [0.2, 0.25) is 0 Å². The molecule has 0 aliphatic heterocycles. The number of benzene rings is 3. The molecule has 13 heteroatoms. The van der Waals surface area contributed by atoms with E-state index in [1.807, 2.05) is 0 Å². The van der Waals surface area contributed by atoms with E-state index >= 15 is 0 Å². The summed E-state index contributed by atoms with van der Waals surface area (Å²) in [6, 6.07) is 12.6. The number of nitrogens with zero attached hydrogens (tertiary/aromatic N) is 2. The van der Waals surface area contributed by atoms with Crippen molar-refractivity contribution in [3.8, 4) is 17.2 Å². The van der Waals surface area contributed by atoms with Crippen LogP contribution < -0.4 is 24.4 Å². The number of hydrogen-bond donors (Lipinski definition) is 2. The van der Waals surface area contributed by atoms with E-state index < -0.39 is 20.6 Å². The highest BCUT2D eigenvalue weighted by Gasteiger charge is 2.22. The summed E-state index contributed by atoms with van der Waals surface area (Å²) in [5.41, 5.74) is 2.76. The number of sulfonamides is 1. The van der Waals surface area contributed by atoms with Gasteiger partial charge in [0.25, 0.3) is 15.7 Å². The molecule has 0 aliphatic carbocycles. The number of rotatable bonds is 10. The van der Waals surface area contributed by atoms with Gasteiger partial charge in [0, 0.05) is 28.9 Å². The number of hydrazone groups is 1. The second-order valence-electron chi connectivity index (χ2n) is 6.86. The van der Waals surface area contributed by atoms with Crippen LogP contribution in [0.5, 0.6) is 17.2 Å². The average molecular weight is 521 g/mol. The monoisotopic (exact) mass is 520 g/mol. The second kappa shape index (κ2) is 10.9. The van der Waals surface area contributed by atoms with E-state index in [9.17, 15) is 18.5 Å². The molecule has 0 heterocycles. The molecule has 0 aliphatic rings. The molecular formula is C22H21ClN4O7S. The summed E-state index contributed by atoms with van der Waals surface area (Å²) < 4.78 is 43.6. The summed E-state index contributed by atoms with van der Waals surface area (Å²) in [7, 11) is 0.321. The fraction of sp³-hybridized carbons (Fsp3) is 0.136. The molecule has 0 spiro atoms. The highest BCUT2D eigenvalue weighted by molar-refractivity contribution is 7.92. The molecule has 0 radical (unpaired) electrons. The SMILES string of the molecule is COc1cc(OC)c(/C=N\Nc2ccc(S(=O)(=O)Nc3ccc(Cl)cc3)cc2[N+](=O)[O-])c(OC)c1. The molecule has 11 nitrogen and oxygen atoms in total. The van der Waals surface area contributed by atoms with Gasteiger partial charge in [0.1, 0.15) is 22.9 Å². The molecule has 0 saturated carbocycles. The number of halogens is 1. The van der Waals surface area contributed by atoms with Crippen LogP contribution in [0.25, 0.3) is 0 Å². The largest absolute Gasteiger partial charge is 0.496 e. The number of nitro benzene ring substituents is 1. The minimum atomic E-state index is -4.10. The number of nitro groups is 1. The van der Waals surface area contributed by atoms with Crippen molar-refractivity contribution in [1.82, 2.24) is 0 Å². The first-order valence-corrected chi connectivity index (χ1v) is 11.7. The van der Waals surface area contributed by atoms with Crippen LogP contribution in [0.2, 0.25) is 5.02 Å². The molecule has 35 heavy (non-hydrogen) atoms. The first-order chi connectivity index (χ1) is 16.7. The molecule has 0 unspecified atom stereocenters. The van der Waals surface area contributed by atoms with Gasteiger partial charge in [-0.05, 0) is 36.4 Å². The van der Waals surface area contributed by atoms with E-state index in [-0.39, 0.29) is 16.3 Å². The molecule has 2 N–H and O–H groups in total.